The summed E-state index contributed by atoms with van der Waals surface area (Å²) in [6.07, 6.45) is 0. The van der Waals surface area contributed by atoms with E-state index >= 15 is 0 Å². The van der Waals surface area contributed by atoms with Crippen molar-refractivity contribution in [1.82, 2.24) is 0 Å². The average molecular weight is 1920 g/mol. The third kappa shape index (κ3) is 14.9. The lowest BCUT2D eigenvalue weighted by Crippen LogP contribution is -2.41. The first-order chi connectivity index (χ1) is 69.8. The molecule has 0 unspecified atom stereocenters. The van der Waals surface area contributed by atoms with Crippen molar-refractivity contribution in [3.63, 3.8) is 0 Å². The van der Waals surface area contributed by atoms with Gasteiger partial charge in [-0.15, -0.1) is 0 Å². The summed E-state index contributed by atoms with van der Waals surface area (Å²) < 4.78 is 13.9. The van der Waals surface area contributed by atoms with Crippen molar-refractivity contribution in [3.05, 3.63) is 498 Å². The minimum absolute atomic E-state index is 0.0271. The fraction of sp³-hybridized carbons (Fsp3) is 0.130. The summed E-state index contributed by atoms with van der Waals surface area (Å²) in [5.74, 6) is 0. The summed E-state index contributed by atoms with van der Waals surface area (Å²) in [6, 6.07) is 166. The van der Waals surface area contributed by atoms with E-state index in [0.29, 0.717) is 0 Å². The third-order valence-electron chi connectivity index (χ3n) is 32.7. The molecule has 27 rings (SSSR count). The maximum atomic E-state index is 6.40. The van der Waals surface area contributed by atoms with Crippen molar-refractivity contribution < 1.29 is 9.31 Å². The van der Waals surface area contributed by atoms with E-state index in [1.54, 1.807) is 0 Å². The second-order valence-corrected chi connectivity index (χ2v) is 43.9. The molecule has 144 heavy (non-hydrogen) atoms. The summed E-state index contributed by atoms with van der Waals surface area (Å²) in [5.41, 5.74) is 41.0. The van der Waals surface area contributed by atoms with Gasteiger partial charge in [-0.25, -0.2) is 0 Å². The number of rotatable bonds is 12. The van der Waals surface area contributed by atoms with E-state index in [1.165, 1.54) is 209 Å². The molecule has 1 aliphatic heterocycles. The van der Waals surface area contributed by atoms with E-state index in [-0.39, 0.29) is 40.0 Å². The highest BCUT2D eigenvalue weighted by molar-refractivity contribution is 9.10. The van der Waals surface area contributed by atoms with Crippen LogP contribution < -0.4 is 15.3 Å². The Kier molecular flexibility index (Phi) is 21.4. The Balaban J connectivity index is 0.000000121. The molecular formula is C138H110BBrN2O2. The minimum atomic E-state index is -0.373. The summed E-state index contributed by atoms with van der Waals surface area (Å²) in [6.45, 7) is 27.3. The van der Waals surface area contributed by atoms with Gasteiger partial charge < -0.3 is 19.1 Å². The van der Waals surface area contributed by atoms with Crippen LogP contribution in [0.15, 0.2) is 453 Å². The molecule has 22 aromatic carbocycles. The summed E-state index contributed by atoms with van der Waals surface area (Å²) >= 11 is 3.55. The van der Waals surface area contributed by atoms with E-state index in [9.17, 15) is 0 Å². The molecular weight excluding hydrogens is 1810 g/mol. The van der Waals surface area contributed by atoms with Crippen molar-refractivity contribution in [1.29, 1.82) is 0 Å². The molecule has 0 spiro atoms. The number of anilines is 6. The fourth-order valence-electron chi connectivity index (χ4n) is 24.1. The van der Waals surface area contributed by atoms with Gasteiger partial charge in [-0.1, -0.05) is 405 Å². The van der Waals surface area contributed by atoms with Crippen LogP contribution in [0.4, 0.5) is 34.1 Å². The van der Waals surface area contributed by atoms with Crippen LogP contribution in [0.25, 0.3) is 165 Å². The first-order valence-electron chi connectivity index (χ1n) is 50.7. The molecule has 0 N–H and O–H groups in total. The van der Waals surface area contributed by atoms with E-state index in [4.69, 9.17) is 9.31 Å². The number of benzene rings is 22. The molecule has 0 saturated carbocycles. The Morgan fingerprint density at radius 1 is 0.174 bits per heavy atom. The quantitative estimate of drug-likeness (QED) is 0.0899. The molecule has 6 heteroatoms. The van der Waals surface area contributed by atoms with Crippen molar-refractivity contribution in [2.45, 2.75) is 116 Å². The van der Waals surface area contributed by atoms with Crippen LogP contribution in [0.2, 0.25) is 0 Å². The Bertz CT molecular complexity index is 8890. The Morgan fingerprint density at radius 2 is 0.410 bits per heavy atom. The van der Waals surface area contributed by atoms with E-state index < -0.39 is 0 Å². The lowest BCUT2D eigenvalue weighted by atomic mass is 9.77. The predicted octanol–water partition coefficient (Wildman–Crippen LogP) is 37.5. The van der Waals surface area contributed by atoms with Crippen LogP contribution in [0, 0.1) is 0 Å². The molecule has 1 fully saturated rings. The highest BCUT2D eigenvalue weighted by atomic mass is 79.9. The van der Waals surface area contributed by atoms with Gasteiger partial charge in [-0.05, 0) is 358 Å². The largest absolute Gasteiger partial charge is 0.494 e. The minimum Gasteiger partial charge on any atom is -0.399 e. The summed E-state index contributed by atoms with van der Waals surface area (Å²) in [7, 11) is -0.373. The lowest BCUT2D eigenvalue weighted by Gasteiger charge is -2.32. The van der Waals surface area contributed by atoms with Gasteiger partial charge in [-0.2, -0.15) is 0 Å². The Hall–Kier alpha value is -15.5. The lowest BCUT2D eigenvalue weighted by molar-refractivity contribution is 0.00578. The van der Waals surface area contributed by atoms with Gasteiger partial charge in [0.05, 0.1) is 11.2 Å². The monoisotopic (exact) mass is 1920 g/mol. The molecule has 4 aliphatic carbocycles. The smallest absolute Gasteiger partial charge is 0.399 e. The SMILES string of the molecule is CC1(C)c2ccccc2-c2cc3c4ccccc4c4cc(B5OC(C)(C)C(C)(C)O5)ccc4c3cc21.CC1(C)c2ccccc2-c2ccc(N(c3ccc(-c4ccccc4)cc3)c3ccc(-c4ccc(-c5ccc6c(c5)c5ccccc5c5cc7c(cc65)C(C)(C)c5ccccc5-7)cc4)cc3)cc21.CC1(C)c2ccccc2-c2ccc(N(c3ccc(-c4ccccc4)cc3)c3ccc(-c4ccc(Br)cc4)cc3)cc21. The molecule has 0 aromatic heterocycles. The van der Waals surface area contributed by atoms with Gasteiger partial charge >= 0.3 is 7.12 Å². The van der Waals surface area contributed by atoms with E-state index in [0.717, 1.165) is 44.1 Å². The topological polar surface area (TPSA) is 24.9 Å². The number of hydrogen-bond acceptors (Lipinski definition) is 4. The number of hydrogen-bond donors (Lipinski definition) is 0. The van der Waals surface area contributed by atoms with Crippen molar-refractivity contribution in [2.24, 2.45) is 0 Å². The highest BCUT2D eigenvalue weighted by Crippen LogP contribution is 2.58. The predicted molar refractivity (Wildman–Crippen MR) is 615 cm³/mol. The standard InChI is InChI=1S/C66H49N.C39H30BrN.C33H31BO2/c1-65(2)61-20-12-10-18-54(61)56-37-35-50(39-63(56)65)67(48-31-26-44(27-32-48)42-14-6-5-7-15-42)49-33-28-45(29-34-49)43-22-24-46(25-23-43)47-30-36-53-57(38-47)51-16-8-9-17-52(51)58-40-60-55-19-11-13-21-62(55)66(3,4)64(60)41-59(53)58;1-39(2)37-11-7-6-10-35(37)36-25-24-34(26-38(36)39)41(32-20-14-29(15-21-32)27-8-4-3-5-9-27)33-22-16-30(17-23-33)28-12-18-31(40)19-13-28;1-31(2)29-14-10-9-13-24(29)28-18-26-22-12-8-7-11-21(22)25-17-20(15-16-23(25)27(26)19-30(28)31)34-35-32(3,4)33(5,6)36-34/h5-41H,1-4H3;3-26H,1-2H3;7-19H,1-6H3. The van der Waals surface area contributed by atoms with Crippen molar-refractivity contribution in [3.8, 4) is 100 Å². The molecule has 0 radical (unpaired) electrons. The Labute approximate surface area is 853 Å². The second-order valence-electron chi connectivity index (χ2n) is 42.9. The van der Waals surface area contributed by atoms with Crippen LogP contribution >= 0.6 is 15.9 Å². The van der Waals surface area contributed by atoms with Gasteiger partial charge in [0.15, 0.2) is 0 Å². The maximum absolute atomic E-state index is 6.40. The normalized spacial score (nSPS) is 15.0. The fourth-order valence-corrected chi connectivity index (χ4v) is 24.4. The third-order valence-corrected chi connectivity index (χ3v) is 33.3. The second kappa shape index (κ2) is 34.4. The van der Waals surface area contributed by atoms with Crippen molar-refractivity contribution >= 4 is 127 Å². The van der Waals surface area contributed by atoms with Gasteiger partial charge in [0.1, 0.15) is 0 Å². The Morgan fingerprint density at radius 3 is 0.764 bits per heavy atom. The highest BCUT2D eigenvalue weighted by Gasteiger charge is 2.52. The zero-order valence-electron chi connectivity index (χ0n) is 83.4. The van der Waals surface area contributed by atoms with Crippen LogP contribution in [0.3, 0.4) is 0 Å². The molecule has 1 heterocycles. The van der Waals surface area contributed by atoms with Crippen LogP contribution in [-0.4, -0.2) is 18.3 Å². The number of fused-ring (bicyclic) bond motifs is 24. The summed E-state index contributed by atoms with van der Waals surface area (Å²) in [5, 5.41) is 15.6. The van der Waals surface area contributed by atoms with Gasteiger partial charge in [0, 0.05) is 60.3 Å². The molecule has 694 valence electrons. The van der Waals surface area contributed by atoms with Gasteiger partial charge in [0.25, 0.3) is 0 Å². The van der Waals surface area contributed by atoms with Crippen LogP contribution in [0.1, 0.15) is 128 Å². The van der Waals surface area contributed by atoms with Gasteiger partial charge in [0.2, 0.25) is 0 Å². The number of halogens is 1. The molecule has 0 amide bonds. The van der Waals surface area contributed by atoms with Crippen molar-refractivity contribution in [2.75, 3.05) is 9.80 Å². The molecule has 22 aromatic rings. The molecule has 0 bridgehead atoms. The zero-order valence-corrected chi connectivity index (χ0v) is 85.0. The van der Waals surface area contributed by atoms with Crippen LogP contribution in [-0.2, 0) is 31.0 Å². The maximum Gasteiger partial charge on any atom is 0.494 e. The van der Waals surface area contributed by atoms with Crippen LogP contribution in [0.5, 0.6) is 0 Å². The first-order valence-corrected chi connectivity index (χ1v) is 51.5. The molecule has 5 aliphatic rings. The first kappa shape index (κ1) is 89.8. The van der Waals surface area contributed by atoms with E-state index in [2.05, 4.69) is 558 Å². The molecule has 1 saturated heterocycles. The van der Waals surface area contributed by atoms with E-state index in [1.807, 2.05) is 0 Å². The summed E-state index contributed by atoms with van der Waals surface area (Å²) in [4.78, 5) is 4.78. The zero-order chi connectivity index (χ0) is 98.0. The van der Waals surface area contributed by atoms with Gasteiger partial charge in [-0.3, -0.25) is 0 Å². The number of nitrogens with zero attached hydrogens (tertiary/aromatic N) is 2. The average Bonchev–Trinajstić information content (AvgIpc) is 1.51. The molecule has 4 nitrogen and oxygen atoms in total. The molecule has 0 atom stereocenters.